The molecule has 17 heavy (non-hydrogen) atoms. The molecule has 0 N–H and O–H groups in total. The summed E-state index contributed by atoms with van der Waals surface area (Å²) in [5.74, 6) is -1.03. The number of carbonyl (C=O) groups excluding carboxylic acids is 2. The second-order valence-corrected chi connectivity index (χ2v) is 4.97. The summed E-state index contributed by atoms with van der Waals surface area (Å²) in [5, 5.41) is 1.93. The molecule has 1 rings (SSSR count). The molecule has 94 valence electrons. The topological polar surface area (TPSA) is 43.4 Å². The van der Waals surface area contributed by atoms with Crippen molar-refractivity contribution in [1.29, 1.82) is 0 Å². The first-order valence-electron chi connectivity index (χ1n) is 5.82. The highest BCUT2D eigenvalue weighted by molar-refractivity contribution is 7.10. The Morgan fingerprint density at radius 2 is 2.24 bits per heavy atom. The summed E-state index contributed by atoms with van der Waals surface area (Å²) in [6.45, 7) is 2.04. The zero-order chi connectivity index (χ0) is 12.7. The molecule has 0 amide bonds. The smallest absolute Gasteiger partial charge is 0.316 e. The average molecular weight is 254 g/mol. The SMILES string of the molecule is CCCCC(C(=O)Cc1cccs1)C(=O)OC. The number of esters is 1. The lowest BCUT2D eigenvalue weighted by atomic mass is 9.95. The minimum absolute atomic E-state index is 0.0345. The van der Waals surface area contributed by atoms with Crippen molar-refractivity contribution in [3.8, 4) is 0 Å². The number of rotatable bonds is 7. The minimum atomic E-state index is -0.595. The van der Waals surface area contributed by atoms with Gasteiger partial charge >= 0.3 is 5.97 Å². The second-order valence-electron chi connectivity index (χ2n) is 3.94. The maximum Gasteiger partial charge on any atom is 0.316 e. The van der Waals surface area contributed by atoms with Gasteiger partial charge in [-0.05, 0) is 17.9 Å². The first-order chi connectivity index (χ1) is 8.19. The van der Waals surface area contributed by atoms with Crippen LogP contribution in [0.2, 0.25) is 0 Å². The third kappa shape index (κ3) is 4.30. The van der Waals surface area contributed by atoms with Gasteiger partial charge in [0.15, 0.2) is 5.78 Å². The van der Waals surface area contributed by atoms with Crippen molar-refractivity contribution >= 4 is 23.1 Å². The zero-order valence-corrected chi connectivity index (χ0v) is 11.1. The van der Waals surface area contributed by atoms with Crippen LogP contribution in [0.25, 0.3) is 0 Å². The van der Waals surface area contributed by atoms with E-state index < -0.39 is 11.9 Å². The van der Waals surface area contributed by atoms with E-state index >= 15 is 0 Å². The van der Waals surface area contributed by atoms with Crippen LogP contribution in [0.1, 0.15) is 31.1 Å². The standard InChI is InChI=1S/C13H18O3S/c1-3-4-7-11(13(15)16-2)12(14)9-10-6-5-8-17-10/h5-6,8,11H,3-4,7,9H2,1-2H3. The summed E-state index contributed by atoms with van der Waals surface area (Å²) in [5.41, 5.74) is 0. The van der Waals surface area contributed by atoms with Gasteiger partial charge in [-0.2, -0.15) is 0 Å². The summed E-state index contributed by atoms with van der Waals surface area (Å²) in [6.07, 6.45) is 2.77. The van der Waals surface area contributed by atoms with E-state index in [-0.39, 0.29) is 5.78 Å². The lowest BCUT2D eigenvalue weighted by Crippen LogP contribution is -2.26. The molecule has 0 aliphatic heterocycles. The molecule has 1 aromatic heterocycles. The molecule has 0 saturated heterocycles. The van der Waals surface area contributed by atoms with Crippen LogP contribution < -0.4 is 0 Å². The Morgan fingerprint density at radius 1 is 1.47 bits per heavy atom. The van der Waals surface area contributed by atoms with Crippen molar-refractivity contribution in [3.05, 3.63) is 22.4 Å². The molecule has 0 spiro atoms. The van der Waals surface area contributed by atoms with Crippen LogP contribution in [0, 0.1) is 5.92 Å². The molecule has 0 aliphatic carbocycles. The summed E-state index contributed by atoms with van der Waals surface area (Å²) in [6, 6.07) is 3.82. The van der Waals surface area contributed by atoms with E-state index in [1.807, 2.05) is 24.4 Å². The Balaban J connectivity index is 2.62. The van der Waals surface area contributed by atoms with Crippen LogP contribution in [-0.2, 0) is 20.7 Å². The van der Waals surface area contributed by atoms with Gasteiger partial charge in [0.1, 0.15) is 5.92 Å². The number of Topliss-reactive ketones (excluding diaryl/α,β-unsaturated/α-hetero) is 1. The number of ketones is 1. The monoisotopic (exact) mass is 254 g/mol. The molecule has 1 unspecified atom stereocenters. The predicted octanol–water partition coefficient (Wildman–Crippen LogP) is 2.84. The van der Waals surface area contributed by atoms with E-state index in [1.54, 1.807) is 0 Å². The summed E-state index contributed by atoms with van der Waals surface area (Å²) < 4.78 is 4.69. The third-order valence-corrected chi connectivity index (χ3v) is 3.53. The fourth-order valence-electron chi connectivity index (χ4n) is 1.67. The van der Waals surface area contributed by atoms with E-state index in [9.17, 15) is 9.59 Å². The number of methoxy groups -OCH3 is 1. The van der Waals surface area contributed by atoms with E-state index in [1.165, 1.54) is 18.4 Å². The number of hydrogen-bond donors (Lipinski definition) is 0. The quantitative estimate of drug-likeness (QED) is 0.555. The fourth-order valence-corrected chi connectivity index (χ4v) is 2.38. The van der Waals surface area contributed by atoms with E-state index in [0.717, 1.165) is 17.7 Å². The van der Waals surface area contributed by atoms with Gasteiger partial charge in [-0.15, -0.1) is 11.3 Å². The average Bonchev–Trinajstić information content (AvgIpc) is 2.81. The number of thiophene rings is 1. The number of carbonyl (C=O) groups is 2. The Morgan fingerprint density at radius 3 is 2.76 bits per heavy atom. The Labute approximate surface area is 106 Å². The van der Waals surface area contributed by atoms with Crippen molar-refractivity contribution in [2.45, 2.75) is 32.6 Å². The highest BCUT2D eigenvalue weighted by Gasteiger charge is 2.26. The van der Waals surface area contributed by atoms with Gasteiger partial charge in [0.2, 0.25) is 0 Å². The molecule has 0 bridgehead atoms. The molecule has 0 aliphatic rings. The highest BCUT2D eigenvalue weighted by atomic mass is 32.1. The lowest BCUT2D eigenvalue weighted by molar-refractivity contribution is -0.149. The first-order valence-corrected chi connectivity index (χ1v) is 6.70. The van der Waals surface area contributed by atoms with Gasteiger partial charge < -0.3 is 4.74 Å². The molecule has 1 aromatic rings. The molecular weight excluding hydrogens is 236 g/mol. The molecule has 3 nitrogen and oxygen atoms in total. The van der Waals surface area contributed by atoms with Crippen molar-refractivity contribution < 1.29 is 14.3 Å². The van der Waals surface area contributed by atoms with Crippen molar-refractivity contribution in [2.75, 3.05) is 7.11 Å². The Kier molecular flexibility index (Phi) is 5.91. The van der Waals surface area contributed by atoms with Crippen LogP contribution in [0.4, 0.5) is 0 Å². The molecule has 0 fully saturated rings. The number of unbranched alkanes of at least 4 members (excludes halogenated alkanes) is 1. The molecule has 4 heteroatoms. The van der Waals surface area contributed by atoms with Gasteiger partial charge in [0.05, 0.1) is 7.11 Å². The van der Waals surface area contributed by atoms with Crippen molar-refractivity contribution in [2.24, 2.45) is 5.92 Å². The molecule has 1 atom stereocenters. The fraction of sp³-hybridized carbons (Fsp3) is 0.538. The predicted molar refractivity (Wildman–Crippen MR) is 68.1 cm³/mol. The molecular formula is C13H18O3S. The maximum absolute atomic E-state index is 12.0. The highest BCUT2D eigenvalue weighted by Crippen LogP contribution is 2.17. The van der Waals surface area contributed by atoms with E-state index in [2.05, 4.69) is 0 Å². The molecule has 0 radical (unpaired) electrons. The maximum atomic E-state index is 12.0. The number of ether oxygens (including phenoxy) is 1. The minimum Gasteiger partial charge on any atom is -0.468 e. The Bertz CT molecular complexity index is 357. The van der Waals surface area contributed by atoms with Crippen LogP contribution in [0.3, 0.4) is 0 Å². The van der Waals surface area contributed by atoms with Crippen LogP contribution in [-0.4, -0.2) is 18.9 Å². The summed E-state index contributed by atoms with van der Waals surface area (Å²) >= 11 is 1.54. The van der Waals surface area contributed by atoms with Gasteiger partial charge in [-0.3, -0.25) is 9.59 Å². The largest absolute Gasteiger partial charge is 0.468 e. The third-order valence-electron chi connectivity index (χ3n) is 2.65. The molecule has 0 aromatic carbocycles. The molecule has 0 saturated carbocycles. The number of hydrogen-bond acceptors (Lipinski definition) is 4. The van der Waals surface area contributed by atoms with Gasteiger partial charge in [-0.25, -0.2) is 0 Å². The Hall–Kier alpha value is -1.16. The molecule has 1 heterocycles. The van der Waals surface area contributed by atoms with E-state index in [4.69, 9.17) is 4.74 Å². The summed E-state index contributed by atoms with van der Waals surface area (Å²) in [7, 11) is 1.33. The van der Waals surface area contributed by atoms with Crippen LogP contribution in [0.15, 0.2) is 17.5 Å². The normalized spacial score (nSPS) is 12.1. The lowest BCUT2D eigenvalue weighted by Gasteiger charge is -2.12. The first kappa shape index (κ1) is 13.9. The van der Waals surface area contributed by atoms with Gasteiger partial charge in [0.25, 0.3) is 0 Å². The van der Waals surface area contributed by atoms with Crippen LogP contribution >= 0.6 is 11.3 Å². The van der Waals surface area contributed by atoms with Gasteiger partial charge in [-0.1, -0.05) is 25.8 Å². The van der Waals surface area contributed by atoms with Crippen molar-refractivity contribution in [3.63, 3.8) is 0 Å². The van der Waals surface area contributed by atoms with E-state index in [0.29, 0.717) is 12.8 Å². The van der Waals surface area contributed by atoms with Crippen LogP contribution in [0.5, 0.6) is 0 Å². The second kappa shape index (κ2) is 7.22. The zero-order valence-electron chi connectivity index (χ0n) is 10.3. The van der Waals surface area contributed by atoms with Gasteiger partial charge in [0, 0.05) is 11.3 Å². The van der Waals surface area contributed by atoms with Crippen molar-refractivity contribution in [1.82, 2.24) is 0 Å². The summed E-state index contributed by atoms with van der Waals surface area (Å²) in [4.78, 5) is 24.6.